The van der Waals surface area contributed by atoms with E-state index in [0.29, 0.717) is 72.6 Å². The molecule has 0 atom stereocenters. The van der Waals surface area contributed by atoms with Gasteiger partial charge in [-0.3, -0.25) is 4.79 Å². The van der Waals surface area contributed by atoms with Gasteiger partial charge in [-0.05, 0) is 25.1 Å². The van der Waals surface area contributed by atoms with Crippen molar-refractivity contribution in [3.05, 3.63) is 72.7 Å². The largest absolute Gasteiger partial charge is 0.459 e. The van der Waals surface area contributed by atoms with Crippen molar-refractivity contribution in [1.29, 1.82) is 0 Å². The van der Waals surface area contributed by atoms with Crippen LogP contribution in [0, 0.1) is 12.7 Å². The average molecular weight is 543 g/mol. The lowest BCUT2D eigenvalue weighted by Gasteiger charge is -2.34. The van der Waals surface area contributed by atoms with E-state index in [1.54, 1.807) is 36.4 Å². The Kier molecular flexibility index (Phi) is 6.46. The number of amides is 1. The maximum Gasteiger partial charge on any atom is 0.246 e. The fraction of sp³-hybridized carbons (Fsp3) is 0.259. The van der Waals surface area contributed by atoms with Crippen molar-refractivity contribution >= 4 is 40.5 Å². The summed E-state index contributed by atoms with van der Waals surface area (Å²) in [5.41, 5.74) is 1.56. The molecule has 0 radical (unpaired) electrons. The molecule has 2 aliphatic heterocycles. The highest BCUT2D eigenvalue weighted by Crippen LogP contribution is 2.32. The van der Waals surface area contributed by atoms with E-state index >= 15 is 4.39 Å². The van der Waals surface area contributed by atoms with Gasteiger partial charge in [0.05, 0.1) is 18.4 Å². The maximum absolute atomic E-state index is 15.6. The molecular weight excluding hydrogens is 515 g/mol. The van der Waals surface area contributed by atoms with Gasteiger partial charge in [0.2, 0.25) is 11.9 Å². The molecule has 204 valence electrons. The van der Waals surface area contributed by atoms with Gasteiger partial charge in [-0.1, -0.05) is 6.58 Å². The number of anilines is 3. The Morgan fingerprint density at radius 3 is 2.77 bits per heavy atom. The number of rotatable bonds is 6. The van der Waals surface area contributed by atoms with Crippen molar-refractivity contribution in [2.75, 3.05) is 55.0 Å². The van der Waals surface area contributed by atoms with Crippen LogP contribution < -0.4 is 20.0 Å². The first-order valence-corrected chi connectivity index (χ1v) is 12.7. The number of carbonyl (C=O) groups is 1. The van der Waals surface area contributed by atoms with Gasteiger partial charge in [-0.2, -0.15) is 0 Å². The third kappa shape index (κ3) is 4.65. The number of nitrogens with zero attached hydrogens (tertiary/aromatic N) is 9. The molecule has 0 aliphatic carbocycles. The summed E-state index contributed by atoms with van der Waals surface area (Å²) in [6.07, 6.45) is 9.73. The zero-order valence-corrected chi connectivity index (χ0v) is 22.1. The van der Waals surface area contributed by atoms with Crippen LogP contribution in [-0.4, -0.2) is 80.2 Å². The summed E-state index contributed by atoms with van der Waals surface area (Å²) in [4.78, 5) is 37.7. The number of piperazine rings is 1. The van der Waals surface area contributed by atoms with Gasteiger partial charge in [0, 0.05) is 57.3 Å². The monoisotopic (exact) mass is 542 g/mol. The van der Waals surface area contributed by atoms with Crippen molar-refractivity contribution in [2.45, 2.75) is 6.92 Å². The van der Waals surface area contributed by atoms with Crippen molar-refractivity contribution in [1.82, 2.24) is 34.5 Å². The van der Waals surface area contributed by atoms with E-state index in [9.17, 15) is 4.79 Å². The first-order chi connectivity index (χ1) is 19.4. The number of aromatic nitrogens is 6. The number of likely N-dealkylation sites (N-methyl/N-ethyl adjacent to an activating group) is 1. The van der Waals surface area contributed by atoms with Crippen LogP contribution in [0.4, 0.5) is 21.8 Å². The first-order valence-electron chi connectivity index (χ1n) is 12.7. The molecule has 2 aliphatic rings. The van der Waals surface area contributed by atoms with Crippen LogP contribution in [0.25, 0.3) is 17.1 Å². The van der Waals surface area contributed by atoms with Crippen LogP contribution in [0.5, 0.6) is 5.75 Å². The van der Waals surface area contributed by atoms with Gasteiger partial charge in [-0.15, -0.1) is 0 Å². The van der Waals surface area contributed by atoms with E-state index in [0.717, 1.165) is 5.82 Å². The second kappa shape index (κ2) is 10.2. The van der Waals surface area contributed by atoms with Crippen molar-refractivity contribution in [3.63, 3.8) is 0 Å². The molecular formula is C27H27FN10O2. The van der Waals surface area contributed by atoms with E-state index in [1.807, 2.05) is 33.9 Å². The molecule has 4 aromatic rings. The Hall–Kier alpha value is -5.07. The minimum Gasteiger partial charge on any atom is -0.459 e. The summed E-state index contributed by atoms with van der Waals surface area (Å²) in [7, 11) is 1.92. The number of carbonyl (C=O) groups excluding carboxylic acids is 1. The SMILES string of the molecule is C=CC(=O)N1CCN(c2ncc3ncnc(Nc4ccc(OC5=Cc6nccn6N(C)C5)c(C)c4F)c3n2)CC1. The van der Waals surface area contributed by atoms with Gasteiger partial charge < -0.3 is 24.9 Å². The van der Waals surface area contributed by atoms with Gasteiger partial charge in [0.15, 0.2) is 17.5 Å². The standard InChI is InChI=1S/C27H27FN10O2/c1-4-23(39)36-9-11-37(12-10-36)27-30-14-20-25(34-27)26(32-16-31-20)33-19-5-6-21(17(2)24(19)28)40-18-13-22-29-7-8-38(22)35(3)15-18/h4-8,13-14,16H,1,9-12,15H2,2-3H3,(H,31,32,33). The topological polar surface area (TPSA) is 117 Å². The number of halogens is 1. The van der Waals surface area contributed by atoms with Gasteiger partial charge in [-0.25, -0.2) is 34.0 Å². The number of imidazole rings is 1. The number of nitrogens with one attached hydrogen (secondary N) is 1. The number of ether oxygens (including phenoxy) is 1. The van der Waals surface area contributed by atoms with Crippen molar-refractivity contribution in [2.24, 2.45) is 0 Å². The Bertz CT molecular complexity index is 1640. The normalized spacial score (nSPS) is 15.1. The second-order valence-corrected chi connectivity index (χ2v) is 9.48. The summed E-state index contributed by atoms with van der Waals surface area (Å²) >= 11 is 0. The molecule has 1 saturated heterocycles. The molecule has 1 fully saturated rings. The summed E-state index contributed by atoms with van der Waals surface area (Å²) in [6.45, 7) is 7.96. The molecule has 1 N–H and O–H groups in total. The van der Waals surface area contributed by atoms with Crippen molar-refractivity contribution in [3.8, 4) is 5.75 Å². The molecule has 40 heavy (non-hydrogen) atoms. The molecule has 0 unspecified atom stereocenters. The molecule has 1 amide bonds. The molecule has 1 aromatic carbocycles. The third-order valence-electron chi connectivity index (χ3n) is 6.94. The zero-order chi connectivity index (χ0) is 27.8. The molecule has 13 heteroatoms. The molecule has 5 heterocycles. The fourth-order valence-corrected chi connectivity index (χ4v) is 4.74. The van der Waals surface area contributed by atoms with E-state index < -0.39 is 5.82 Å². The summed E-state index contributed by atoms with van der Waals surface area (Å²) in [5.74, 6) is 2.09. The highest BCUT2D eigenvalue weighted by molar-refractivity contribution is 5.88. The Morgan fingerprint density at radius 1 is 1.15 bits per heavy atom. The molecule has 0 spiro atoms. The zero-order valence-electron chi connectivity index (χ0n) is 22.1. The smallest absolute Gasteiger partial charge is 0.246 e. The van der Waals surface area contributed by atoms with Gasteiger partial charge >= 0.3 is 0 Å². The fourth-order valence-electron chi connectivity index (χ4n) is 4.74. The summed E-state index contributed by atoms with van der Waals surface area (Å²) in [5, 5.41) is 5.03. The summed E-state index contributed by atoms with van der Waals surface area (Å²) in [6, 6.07) is 3.33. The number of fused-ring (bicyclic) bond motifs is 2. The third-order valence-corrected chi connectivity index (χ3v) is 6.94. The summed E-state index contributed by atoms with van der Waals surface area (Å²) < 4.78 is 23.5. The molecule has 6 rings (SSSR count). The highest BCUT2D eigenvalue weighted by atomic mass is 19.1. The van der Waals surface area contributed by atoms with E-state index in [-0.39, 0.29) is 11.6 Å². The molecule has 12 nitrogen and oxygen atoms in total. The predicted octanol–water partition coefficient (Wildman–Crippen LogP) is 2.64. The quantitative estimate of drug-likeness (QED) is 0.365. The van der Waals surface area contributed by atoms with Crippen LogP contribution in [0.1, 0.15) is 11.4 Å². The highest BCUT2D eigenvalue weighted by Gasteiger charge is 2.23. The second-order valence-electron chi connectivity index (χ2n) is 9.48. The minimum atomic E-state index is -0.465. The number of hydrogen-bond acceptors (Lipinski definition) is 10. The molecule has 0 saturated carbocycles. The van der Waals surface area contributed by atoms with Crippen molar-refractivity contribution < 1.29 is 13.9 Å². The average Bonchev–Trinajstić information content (AvgIpc) is 3.46. The lowest BCUT2D eigenvalue weighted by Crippen LogP contribution is -2.48. The van der Waals surface area contributed by atoms with Gasteiger partial charge in [0.25, 0.3) is 0 Å². The predicted molar refractivity (Wildman–Crippen MR) is 148 cm³/mol. The lowest BCUT2D eigenvalue weighted by molar-refractivity contribution is -0.126. The van der Waals surface area contributed by atoms with Crippen LogP contribution in [0.3, 0.4) is 0 Å². The van der Waals surface area contributed by atoms with E-state index in [4.69, 9.17) is 4.74 Å². The Morgan fingerprint density at radius 2 is 1.98 bits per heavy atom. The van der Waals surface area contributed by atoms with Crippen LogP contribution in [-0.2, 0) is 4.79 Å². The van der Waals surface area contributed by atoms with Gasteiger partial charge in [0.1, 0.15) is 28.9 Å². The Labute approximate surface area is 229 Å². The molecule has 3 aromatic heterocycles. The van der Waals surface area contributed by atoms with E-state index in [2.05, 4.69) is 36.8 Å². The van der Waals surface area contributed by atoms with E-state index in [1.165, 1.54) is 12.4 Å². The molecule has 0 bridgehead atoms. The van der Waals surface area contributed by atoms with Crippen LogP contribution in [0.2, 0.25) is 0 Å². The maximum atomic E-state index is 15.6. The first kappa shape index (κ1) is 25.2. The minimum absolute atomic E-state index is 0.0948. The van der Waals surface area contributed by atoms with Crippen LogP contribution >= 0.6 is 0 Å². The number of hydrogen-bond donors (Lipinski definition) is 1. The lowest BCUT2D eigenvalue weighted by atomic mass is 10.1. The van der Waals surface area contributed by atoms with Crippen LogP contribution in [0.15, 0.2) is 55.5 Å². The number of benzene rings is 1. The Balaban J connectivity index is 1.23.